The topological polar surface area (TPSA) is 107 Å². The third-order valence-corrected chi connectivity index (χ3v) is 6.42. The average Bonchev–Trinajstić information content (AvgIpc) is 3.14. The van der Waals surface area contributed by atoms with Crippen LogP contribution in [0.2, 0.25) is 0 Å². The van der Waals surface area contributed by atoms with Crippen LogP contribution in [0.3, 0.4) is 0 Å². The van der Waals surface area contributed by atoms with Crippen LogP contribution in [-0.2, 0) is 24.4 Å². The summed E-state index contributed by atoms with van der Waals surface area (Å²) in [6, 6.07) is 14.0. The summed E-state index contributed by atoms with van der Waals surface area (Å²) in [7, 11) is 0. The van der Waals surface area contributed by atoms with Crippen molar-refractivity contribution in [3.63, 3.8) is 0 Å². The third-order valence-electron chi connectivity index (χ3n) is 5.93. The van der Waals surface area contributed by atoms with E-state index in [9.17, 15) is 9.90 Å². The Hall–Kier alpha value is -3.17. The predicted molar refractivity (Wildman–Crippen MR) is 141 cm³/mol. The summed E-state index contributed by atoms with van der Waals surface area (Å²) in [6.07, 6.45) is -0.934. The number of nitrogens with two attached hydrogens (primary N) is 1. The SMILES string of the molecule is CCOCc1nc2c(N)nc3cc(Br)ccc3c2n1Cc1ccc(CN(C(=O)O)C(C)(C)C)cc1. The first kappa shape index (κ1) is 24.9. The van der Waals surface area contributed by atoms with Crippen LogP contribution in [0.25, 0.3) is 21.9 Å². The molecule has 184 valence electrons. The van der Waals surface area contributed by atoms with Crippen molar-refractivity contribution in [1.82, 2.24) is 19.4 Å². The summed E-state index contributed by atoms with van der Waals surface area (Å²) in [6.45, 7) is 9.45. The molecular formula is C26H30BrN5O3. The lowest BCUT2D eigenvalue weighted by molar-refractivity contribution is 0.0955. The van der Waals surface area contributed by atoms with E-state index in [1.165, 1.54) is 4.90 Å². The summed E-state index contributed by atoms with van der Waals surface area (Å²) in [5.74, 6) is 1.16. The van der Waals surface area contributed by atoms with Crippen molar-refractivity contribution in [2.24, 2.45) is 0 Å². The number of nitrogen functional groups attached to an aromatic ring is 1. The highest BCUT2D eigenvalue weighted by Crippen LogP contribution is 2.31. The minimum Gasteiger partial charge on any atom is -0.465 e. The summed E-state index contributed by atoms with van der Waals surface area (Å²) in [5, 5.41) is 10.6. The van der Waals surface area contributed by atoms with Crippen molar-refractivity contribution >= 4 is 49.8 Å². The number of anilines is 1. The molecule has 0 radical (unpaired) electrons. The van der Waals surface area contributed by atoms with Gasteiger partial charge in [-0.25, -0.2) is 14.8 Å². The van der Waals surface area contributed by atoms with Crippen LogP contribution in [0, 0.1) is 0 Å². The molecule has 0 aliphatic heterocycles. The minimum atomic E-state index is -0.934. The normalized spacial score (nSPS) is 11.9. The van der Waals surface area contributed by atoms with E-state index < -0.39 is 11.6 Å². The minimum absolute atomic E-state index is 0.324. The molecule has 2 heterocycles. The predicted octanol–water partition coefficient (Wildman–Crippen LogP) is 5.79. The van der Waals surface area contributed by atoms with Gasteiger partial charge in [0.25, 0.3) is 0 Å². The Morgan fingerprint density at radius 1 is 1.14 bits per heavy atom. The second-order valence-corrected chi connectivity index (χ2v) is 10.4. The molecule has 0 bridgehead atoms. The molecular weight excluding hydrogens is 510 g/mol. The number of hydrogen-bond acceptors (Lipinski definition) is 5. The Bertz CT molecular complexity index is 1380. The van der Waals surface area contributed by atoms with Gasteiger partial charge in [-0.2, -0.15) is 0 Å². The van der Waals surface area contributed by atoms with Gasteiger partial charge in [0.2, 0.25) is 0 Å². The van der Waals surface area contributed by atoms with Crippen LogP contribution in [0.4, 0.5) is 10.6 Å². The number of aromatic nitrogens is 3. The third kappa shape index (κ3) is 5.26. The van der Waals surface area contributed by atoms with Crippen molar-refractivity contribution < 1.29 is 14.6 Å². The highest BCUT2D eigenvalue weighted by Gasteiger charge is 2.26. The first-order chi connectivity index (χ1) is 16.6. The van der Waals surface area contributed by atoms with E-state index in [0.29, 0.717) is 37.6 Å². The summed E-state index contributed by atoms with van der Waals surface area (Å²) in [5.41, 5.74) is 10.2. The number of fused-ring (bicyclic) bond motifs is 3. The lowest BCUT2D eigenvalue weighted by atomic mass is 10.0. The van der Waals surface area contributed by atoms with E-state index in [2.05, 4.69) is 25.5 Å². The van der Waals surface area contributed by atoms with E-state index in [1.807, 2.05) is 70.2 Å². The zero-order chi connectivity index (χ0) is 25.3. The van der Waals surface area contributed by atoms with E-state index in [1.54, 1.807) is 0 Å². The monoisotopic (exact) mass is 539 g/mol. The molecule has 3 N–H and O–H groups in total. The van der Waals surface area contributed by atoms with E-state index in [-0.39, 0.29) is 0 Å². The fourth-order valence-corrected chi connectivity index (χ4v) is 4.46. The molecule has 35 heavy (non-hydrogen) atoms. The lowest BCUT2D eigenvalue weighted by Gasteiger charge is -2.33. The number of pyridine rings is 1. The fourth-order valence-electron chi connectivity index (χ4n) is 4.11. The second kappa shape index (κ2) is 9.83. The standard InChI is InChI=1S/C26H30BrN5O3/c1-5-35-15-21-30-22-23(19-11-10-18(27)12-20(19)29-24(22)28)31(21)13-16-6-8-17(9-7-16)14-32(25(33)34)26(2,3)4/h6-12H,5,13-15H2,1-4H3,(H2,28,29)(H,33,34). The van der Waals surface area contributed by atoms with Gasteiger partial charge < -0.3 is 20.1 Å². The molecule has 0 fully saturated rings. The van der Waals surface area contributed by atoms with Crippen LogP contribution >= 0.6 is 15.9 Å². The number of carboxylic acid groups (broad SMARTS) is 1. The molecule has 2 aromatic carbocycles. The zero-order valence-corrected chi connectivity index (χ0v) is 22.0. The van der Waals surface area contributed by atoms with Crippen LogP contribution in [0.5, 0.6) is 0 Å². The molecule has 9 heteroatoms. The van der Waals surface area contributed by atoms with Gasteiger partial charge in [-0.05, 0) is 57.0 Å². The first-order valence-electron chi connectivity index (χ1n) is 11.5. The number of halogens is 1. The molecule has 0 spiro atoms. The van der Waals surface area contributed by atoms with Crippen molar-refractivity contribution in [2.75, 3.05) is 12.3 Å². The Morgan fingerprint density at radius 2 is 1.83 bits per heavy atom. The van der Waals surface area contributed by atoms with E-state index in [4.69, 9.17) is 15.5 Å². The van der Waals surface area contributed by atoms with Gasteiger partial charge >= 0.3 is 6.09 Å². The lowest BCUT2D eigenvalue weighted by Crippen LogP contribution is -2.44. The van der Waals surface area contributed by atoms with Gasteiger partial charge in [0.15, 0.2) is 5.82 Å². The largest absolute Gasteiger partial charge is 0.465 e. The molecule has 8 nitrogen and oxygen atoms in total. The second-order valence-electron chi connectivity index (χ2n) is 9.46. The van der Waals surface area contributed by atoms with Gasteiger partial charge in [-0.3, -0.25) is 4.90 Å². The highest BCUT2D eigenvalue weighted by molar-refractivity contribution is 9.10. The molecule has 0 unspecified atom stereocenters. The molecule has 0 saturated heterocycles. The van der Waals surface area contributed by atoms with Gasteiger partial charge in [0.1, 0.15) is 17.9 Å². The molecule has 2 aromatic heterocycles. The van der Waals surface area contributed by atoms with Crippen LogP contribution in [0.1, 0.15) is 44.6 Å². The van der Waals surface area contributed by atoms with Gasteiger partial charge in [-0.15, -0.1) is 0 Å². The maximum absolute atomic E-state index is 11.7. The molecule has 1 amide bonds. The fraction of sp³-hybridized carbons (Fsp3) is 0.346. The maximum atomic E-state index is 11.7. The summed E-state index contributed by atoms with van der Waals surface area (Å²) in [4.78, 5) is 22.5. The first-order valence-corrected chi connectivity index (χ1v) is 12.3. The Labute approximate surface area is 212 Å². The number of nitrogens with zero attached hydrogens (tertiary/aromatic N) is 4. The van der Waals surface area contributed by atoms with Gasteiger partial charge in [0.05, 0.1) is 11.0 Å². The number of imidazole rings is 1. The zero-order valence-electron chi connectivity index (χ0n) is 20.4. The molecule has 0 saturated carbocycles. The van der Waals surface area contributed by atoms with Crippen molar-refractivity contribution in [1.29, 1.82) is 0 Å². The van der Waals surface area contributed by atoms with Crippen molar-refractivity contribution in [2.45, 2.75) is 52.9 Å². The number of benzene rings is 2. The van der Waals surface area contributed by atoms with E-state index >= 15 is 0 Å². The molecule has 0 atom stereocenters. The quantitative estimate of drug-likeness (QED) is 0.307. The van der Waals surface area contributed by atoms with Crippen LogP contribution < -0.4 is 5.73 Å². The van der Waals surface area contributed by atoms with Gasteiger partial charge in [-0.1, -0.05) is 40.2 Å². The number of rotatable bonds is 7. The van der Waals surface area contributed by atoms with Crippen molar-refractivity contribution in [3.8, 4) is 0 Å². The van der Waals surface area contributed by atoms with Crippen LogP contribution in [-0.4, -0.2) is 42.8 Å². The number of hydrogen-bond donors (Lipinski definition) is 2. The number of ether oxygens (including phenoxy) is 1. The van der Waals surface area contributed by atoms with Crippen molar-refractivity contribution in [3.05, 3.63) is 63.9 Å². The molecule has 0 aliphatic rings. The Morgan fingerprint density at radius 3 is 2.46 bits per heavy atom. The smallest absolute Gasteiger partial charge is 0.408 e. The van der Waals surface area contributed by atoms with E-state index in [0.717, 1.165) is 37.8 Å². The molecule has 0 aliphatic carbocycles. The molecule has 4 aromatic rings. The average molecular weight is 540 g/mol. The number of carbonyl (C=O) groups is 1. The highest BCUT2D eigenvalue weighted by atomic mass is 79.9. The Kier molecular flexibility index (Phi) is 7.00. The van der Waals surface area contributed by atoms with Crippen LogP contribution in [0.15, 0.2) is 46.9 Å². The summed E-state index contributed by atoms with van der Waals surface area (Å²) < 4.78 is 8.76. The summed E-state index contributed by atoms with van der Waals surface area (Å²) >= 11 is 3.51. The number of amides is 1. The maximum Gasteiger partial charge on any atom is 0.408 e. The Balaban J connectivity index is 1.74. The van der Waals surface area contributed by atoms with Gasteiger partial charge in [0, 0.05) is 35.1 Å². The molecule has 4 rings (SSSR count).